The van der Waals surface area contributed by atoms with E-state index >= 15 is 0 Å². The van der Waals surface area contributed by atoms with Gasteiger partial charge in [-0.25, -0.2) is 4.98 Å². The van der Waals surface area contributed by atoms with Crippen molar-refractivity contribution in [2.75, 3.05) is 27.2 Å². The summed E-state index contributed by atoms with van der Waals surface area (Å²) in [7, 11) is 4.04. The lowest BCUT2D eigenvalue weighted by atomic mass is 10.2. The summed E-state index contributed by atoms with van der Waals surface area (Å²) in [6.45, 7) is 3.68. The number of benzene rings is 2. The number of likely N-dealkylation sites (N-methyl/N-ethyl adjacent to an activating group) is 1. The highest BCUT2D eigenvalue weighted by atomic mass is 16.1. The number of nitriles is 1. The van der Waals surface area contributed by atoms with Gasteiger partial charge in [0.05, 0.1) is 34.3 Å². The summed E-state index contributed by atoms with van der Waals surface area (Å²) in [5.41, 5.74) is 1.83. The molecule has 0 saturated heterocycles. The van der Waals surface area contributed by atoms with Crippen LogP contribution in [0.4, 0.5) is 0 Å². The molecule has 1 N–H and O–H groups in total. The van der Waals surface area contributed by atoms with Crippen molar-refractivity contribution in [3.05, 3.63) is 70.3 Å². The van der Waals surface area contributed by atoms with Crippen molar-refractivity contribution in [2.24, 2.45) is 0 Å². The summed E-state index contributed by atoms with van der Waals surface area (Å²) in [6, 6.07) is 16.4. The van der Waals surface area contributed by atoms with Crippen LogP contribution < -0.4 is 10.9 Å². The second kappa shape index (κ2) is 8.12. The summed E-state index contributed by atoms with van der Waals surface area (Å²) in [5.74, 6) is 0.655. The van der Waals surface area contributed by atoms with Gasteiger partial charge in [0.1, 0.15) is 5.82 Å². The molecule has 0 spiro atoms. The minimum absolute atomic E-state index is 0.110. The predicted molar refractivity (Wildman–Crippen MR) is 107 cm³/mol. The average molecular weight is 361 g/mol. The Morgan fingerprint density at radius 1 is 1.19 bits per heavy atom. The van der Waals surface area contributed by atoms with Gasteiger partial charge in [-0.1, -0.05) is 12.1 Å². The monoisotopic (exact) mass is 361 g/mol. The van der Waals surface area contributed by atoms with E-state index < -0.39 is 0 Å². The van der Waals surface area contributed by atoms with E-state index in [0.29, 0.717) is 28.0 Å². The molecule has 2 aromatic carbocycles. The van der Waals surface area contributed by atoms with Crippen LogP contribution in [0.3, 0.4) is 0 Å². The van der Waals surface area contributed by atoms with Gasteiger partial charge >= 0.3 is 0 Å². The van der Waals surface area contributed by atoms with Crippen LogP contribution >= 0.6 is 0 Å². The molecule has 0 amide bonds. The van der Waals surface area contributed by atoms with Gasteiger partial charge in [0.25, 0.3) is 5.56 Å². The van der Waals surface area contributed by atoms with Crippen molar-refractivity contribution >= 4 is 10.9 Å². The first-order chi connectivity index (χ1) is 13.0. The Morgan fingerprint density at radius 3 is 2.56 bits per heavy atom. The fourth-order valence-electron chi connectivity index (χ4n) is 2.97. The fraction of sp³-hybridized carbons (Fsp3) is 0.286. The molecule has 1 aromatic heterocycles. The van der Waals surface area contributed by atoms with Gasteiger partial charge in [0.2, 0.25) is 0 Å². The van der Waals surface area contributed by atoms with Gasteiger partial charge in [0.15, 0.2) is 0 Å². The summed E-state index contributed by atoms with van der Waals surface area (Å²) in [5, 5.41) is 13.0. The van der Waals surface area contributed by atoms with E-state index in [4.69, 9.17) is 10.2 Å². The van der Waals surface area contributed by atoms with Crippen LogP contribution in [0.1, 0.15) is 24.4 Å². The van der Waals surface area contributed by atoms with Gasteiger partial charge in [-0.2, -0.15) is 5.26 Å². The molecule has 0 aliphatic heterocycles. The zero-order valence-electron chi connectivity index (χ0n) is 15.8. The van der Waals surface area contributed by atoms with Crippen LogP contribution in [-0.2, 0) is 0 Å². The molecule has 6 heteroatoms. The summed E-state index contributed by atoms with van der Waals surface area (Å²) in [4.78, 5) is 20.1. The second-order valence-electron chi connectivity index (χ2n) is 6.77. The number of aromatic nitrogens is 2. The number of nitrogens with one attached hydrogen (secondary N) is 1. The lowest BCUT2D eigenvalue weighted by Crippen LogP contribution is -2.33. The highest BCUT2D eigenvalue weighted by Gasteiger charge is 2.17. The first kappa shape index (κ1) is 18.8. The smallest absolute Gasteiger partial charge is 0.266 e. The van der Waals surface area contributed by atoms with E-state index in [1.807, 2.05) is 39.2 Å². The number of nitrogens with zero attached hydrogens (tertiary/aromatic N) is 4. The molecule has 6 nitrogen and oxygen atoms in total. The van der Waals surface area contributed by atoms with E-state index in [2.05, 4.69) is 16.3 Å². The van der Waals surface area contributed by atoms with Crippen molar-refractivity contribution in [3.8, 4) is 11.8 Å². The molecule has 0 aliphatic rings. The fourth-order valence-corrected chi connectivity index (χ4v) is 2.97. The van der Waals surface area contributed by atoms with Gasteiger partial charge in [-0.05, 0) is 57.4 Å². The predicted octanol–water partition coefficient (Wildman–Crippen LogP) is 2.47. The third kappa shape index (κ3) is 4.05. The van der Waals surface area contributed by atoms with Crippen LogP contribution in [0.15, 0.2) is 53.3 Å². The molecule has 0 radical (unpaired) electrons. The molecule has 0 fully saturated rings. The highest BCUT2D eigenvalue weighted by molar-refractivity contribution is 5.77. The number of hydrogen-bond acceptors (Lipinski definition) is 5. The highest BCUT2D eigenvalue weighted by Crippen LogP contribution is 2.18. The molecule has 27 heavy (non-hydrogen) atoms. The summed E-state index contributed by atoms with van der Waals surface area (Å²) >= 11 is 0. The lowest BCUT2D eigenvalue weighted by Gasteiger charge is -2.20. The van der Waals surface area contributed by atoms with Crippen LogP contribution in [0, 0.1) is 11.3 Å². The van der Waals surface area contributed by atoms with Crippen molar-refractivity contribution in [2.45, 2.75) is 13.0 Å². The lowest BCUT2D eigenvalue weighted by molar-refractivity contribution is 0.385. The minimum Gasteiger partial charge on any atom is -0.308 e. The third-order valence-electron chi connectivity index (χ3n) is 4.45. The maximum absolute atomic E-state index is 13.2. The third-order valence-corrected chi connectivity index (χ3v) is 4.45. The van der Waals surface area contributed by atoms with E-state index in [0.717, 1.165) is 13.1 Å². The first-order valence-electron chi connectivity index (χ1n) is 8.91. The topological polar surface area (TPSA) is 74.0 Å². The zero-order valence-corrected chi connectivity index (χ0v) is 15.8. The number of fused-ring (bicyclic) bond motifs is 1. The standard InChI is InChI=1S/C21H23N5O/c1-15(23-12-13-25(2)3)20-24-19-7-5-4-6-18(19)21(27)26(20)17-10-8-16(14-22)9-11-17/h4-11,15,23H,12-13H2,1-3H3. The molecule has 3 aromatic rings. The van der Waals surface area contributed by atoms with Crippen LogP contribution in [0.2, 0.25) is 0 Å². The van der Waals surface area contributed by atoms with Gasteiger partial charge < -0.3 is 10.2 Å². The SMILES string of the molecule is CC(NCCN(C)C)c1nc2ccccc2c(=O)n1-c1ccc(C#N)cc1. The largest absolute Gasteiger partial charge is 0.308 e. The van der Waals surface area contributed by atoms with Crippen molar-refractivity contribution in [1.82, 2.24) is 19.8 Å². The maximum Gasteiger partial charge on any atom is 0.266 e. The Kier molecular flexibility index (Phi) is 5.65. The minimum atomic E-state index is -0.113. The molecule has 1 atom stereocenters. The van der Waals surface area contributed by atoms with Crippen LogP contribution in [0.25, 0.3) is 16.6 Å². The molecule has 1 unspecified atom stereocenters. The molecule has 0 bridgehead atoms. The quantitative estimate of drug-likeness (QED) is 0.730. The maximum atomic E-state index is 13.2. The molecule has 0 aliphatic carbocycles. The Hall–Kier alpha value is -3.01. The molecule has 1 heterocycles. The molecule has 3 rings (SSSR count). The Morgan fingerprint density at radius 2 is 1.89 bits per heavy atom. The summed E-state index contributed by atoms with van der Waals surface area (Å²) < 4.78 is 1.64. The number of para-hydroxylation sites is 1. The van der Waals surface area contributed by atoms with Crippen molar-refractivity contribution in [1.29, 1.82) is 5.26 Å². The zero-order chi connectivity index (χ0) is 19.4. The first-order valence-corrected chi connectivity index (χ1v) is 8.91. The summed E-state index contributed by atoms with van der Waals surface area (Å²) in [6.07, 6.45) is 0. The Bertz CT molecular complexity index is 1030. The molecule has 138 valence electrons. The van der Waals surface area contributed by atoms with Crippen molar-refractivity contribution < 1.29 is 0 Å². The van der Waals surface area contributed by atoms with E-state index in [1.54, 1.807) is 34.9 Å². The normalized spacial score (nSPS) is 12.3. The molecule has 0 saturated carbocycles. The Labute approximate surface area is 158 Å². The number of rotatable bonds is 6. The Balaban J connectivity index is 2.12. The van der Waals surface area contributed by atoms with Crippen molar-refractivity contribution in [3.63, 3.8) is 0 Å². The van der Waals surface area contributed by atoms with E-state index in [9.17, 15) is 4.79 Å². The van der Waals surface area contributed by atoms with E-state index in [-0.39, 0.29) is 11.6 Å². The molecular weight excluding hydrogens is 338 g/mol. The van der Waals surface area contributed by atoms with Gasteiger partial charge in [-0.15, -0.1) is 0 Å². The van der Waals surface area contributed by atoms with Gasteiger partial charge in [-0.3, -0.25) is 9.36 Å². The van der Waals surface area contributed by atoms with Gasteiger partial charge in [0, 0.05) is 13.1 Å². The van der Waals surface area contributed by atoms with Crippen LogP contribution in [-0.4, -0.2) is 41.6 Å². The average Bonchev–Trinajstić information content (AvgIpc) is 2.67. The second-order valence-corrected chi connectivity index (χ2v) is 6.77. The molecular formula is C21H23N5O. The van der Waals surface area contributed by atoms with Crippen LogP contribution in [0.5, 0.6) is 0 Å². The van der Waals surface area contributed by atoms with E-state index in [1.165, 1.54) is 0 Å². The number of hydrogen-bond donors (Lipinski definition) is 1.